The lowest BCUT2D eigenvalue weighted by atomic mass is 10.4. The molecule has 1 rings (SSSR count). The monoisotopic (exact) mass is 181 g/mol. The molecule has 0 spiro atoms. The Labute approximate surface area is 76.2 Å². The number of thioether (sulfide) groups is 1. The van der Waals surface area contributed by atoms with Gasteiger partial charge in [0.25, 0.3) is 0 Å². The summed E-state index contributed by atoms with van der Waals surface area (Å²) in [5.41, 5.74) is 2.22. The Bertz CT molecular complexity index is 274. The van der Waals surface area contributed by atoms with Gasteiger partial charge in [-0.15, -0.1) is 0 Å². The lowest BCUT2D eigenvalue weighted by Gasteiger charge is -1.96. The molecule has 0 aliphatic rings. The Morgan fingerprint density at radius 2 is 2.58 bits per heavy atom. The molecule has 0 unspecified atom stereocenters. The molecule has 64 valence electrons. The van der Waals surface area contributed by atoms with Crippen LogP contribution in [0.5, 0.6) is 0 Å². The quantitative estimate of drug-likeness (QED) is 0.721. The van der Waals surface area contributed by atoms with Gasteiger partial charge in [0, 0.05) is 23.6 Å². The Morgan fingerprint density at radius 3 is 3.17 bits per heavy atom. The minimum Gasteiger partial charge on any atom is -0.348 e. The van der Waals surface area contributed by atoms with E-state index in [0.29, 0.717) is 6.42 Å². The summed E-state index contributed by atoms with van der Waals surface area (Å²) >= 11 is 1.76. The van der Waals surface area contributed by atoms with Crippen LogP contribution in [0.4, 0.5) is 0 Å². The number of imidazole rings is 1. The van der Waals surface area contributed by atoms with Crippen LogP contribution < -0.4 is 0 Å². The van der Waals surface area contributed by atoms with Gasteiger partial charge >= 0.3 is 0 Å². The number of aromatic amines is 1. The first-order valence-electron chi connectivity index (χ1n) is 3.78. The number of H-pyrrole nitrogens is 1. The number of hydrogen-bond donors (Lipinski definition) is 1. The highest BCUT2D eigenvalue weighted by Crippen LogP contribution is 2.12. The zero-order valence-electron chi connectivity index (χ0n) is 7.00. The van der Waals surface area contributed by atoms with Crippen molar-refractivity contribution in [3.8, 4) is 6.07 Å². The third-order valence-corrected chi connectivity index (χ3v) is 2.52. The molecule has 12 heavy (non-hydrogen) atoms. The molecule has 0 bridgehead atoms. The topological polar surface area (TPSA) is 52.5 Å². The number of nitrogens with zero attached hydrogens (tertiary/aromatic N) is 2. The fourth-order valence-corrected chi connectivity index (χ4v) is 1.70. The normalized spacial score (nSPS) is 9.67. The lowest BCUT2D eigenvalue weighted by molar-refractivity contribution is 1.18. The summed E-state index contributed by atoms with van der Waals surface area (Å²) in [4.78, 5) is 7.15. The summed E-state index contributed by atoms with van der Waals surface area (Å²) in [6, 6.07) is 2.12. The van der Waals surface area contributed by atoms with E-state index in [1.165, 1.54) is 0 Å². The maximum absolute atomic E-state index is 8.29. The van der Waals surface area contributed by atoms with Crippen LogP contribution in [0.2, 0.25) is 0 Å². The second kappa shape index (κ2) is 4.83. The predicted octanol–water partition coefficient (Wildman–Crippen LogP) is 1.86. The van der Waals surface area contributed by atoms with Crippen molar-refractivity contribution in [3.63, 3.8) is 0 Å². The molecule has 1 aromatic heterocycles. The average Bonchev–Trinajstić information content (AvgIpc) is 2.46. The zero-order valence-corrected chi connectivity index (χ0v) is 7.82. The van der Waals surface area contributed by atoms with E-state index in [4.69, 9.17) is 5.26 Å². The molecular formula is C8H11N3S. The molecule has 3 nitrogen and oxygen atoms in total. The Morgan fingerprint density at radius 1 is 1.75 bits per heavy atom. The lowest BCUT2D eigenvalue weighted by Crippen LogP contribution is -1.85. The van der Waals surface area contributed by atoms with Crippen LogP contribution in [0.25, 0.3) is 0 Å². The van der Waals surface area contributed by atoms with Crippen LogP contribution in [0.3, 0.4) is 0 Å². The van der Waals surface area contributed by atoms with Crippen LogP contribution in [0, 0.1) is 18.3 Å². The first-order valence-corrected chi connectivity index (χ1v) is 4.93. The number of nitrogens with one attached hydrogen (secondary N) is 1. The summed E-state index contributed by atoms with van der Waals surface area (Å²) in [5, 5.41) is 8.29. The SMILES string of the molecule is Cc1nc[nH]c1CSCCC#N. The summed E-state index contributed by atoms with van der Waals surface area (Å²) < 4.78 is 0. The first-order chi connectivity index (χ1) is 5.84. The molecule has 1 heterocycles. The van der Waals surface area contributed by atoms with Gasteiger partial charge in [0.1, 0.15) is 0 Å². The molecule has 0 saturated carbocycles. The number of nitriles is 1. The van der Waals surface area contributed by atoms with Gasteiger partial charge in [0.05, 0.1) is 18.1 Å². The van der Waals surface area contributed by atoms with Crippen LogP contribution >= 0.6 is 11.8 Å². The fraction of sp³-hybridized carbons (Fsp3) is 0.500. The van der Waals surface area contributed by atoms with Crippen LogP contribution in [-0.2, 0) is 5.75 Å². The maximum atomic E-state index is 8.29. The summed E-state index contributed by atoms with van der Waals surface area (Å²) in [6.45, 7) is 1.98. The largest absolute Gasteiger partial charge is 0.348 e. The molecule has 0 aliphatic carbocycles. The van der Waals surface area contributed by atoms with Gasteiger partial charge in [-0.2, -0.15) is 17.0 Å². The van der Waals surface area contributed by atoms with E-state index in [1.54, 1.807) is 18.1 Å². The molecule has 1 N–H and O–H groups in total. The fourth-order valence-electron chi connectivity index (χ4n) is 0.828. The molecule has 1 aromatic rings. The van der Waals surface area contributed by atoms with E-state index >= 15 is 0 Å². The highest BCUT2D eigenvalue weighted by Gasteiger charge is 1.99. The van der Waals surface area contributed by atoms with Gasteiger partial charge in [0.2, 0.25) is 0 Å². The Kier molecular flexibility index (Phi) is 3.68. The van der Waals surface area contributed by atoms with Crippen molar-refractivity contribution < 1.29 is 0 Å². The third-order valence-electron chi connectivity index (χ3n) is 1.54. The molecular weight excluding hydrogens is 170 g/mol. The van der Waals surface area contributed by atoms with E-state index in [9.17, 15) is 0 Å². The van der Waals surface area contributed by atoms with Gasteiger partial charge in [-0.25, -0.2) is 4.98 Å². The summed E-state index contributed by atoms with van der Waals surface area (Å²) in [5.74, 6) is 1.82. The van der Waals surface area contributed by atoms with Crippen molar-refractivity contribution in [3.05, 3.63) is 17.7 Å². The molecule has 0 radical (unpaired) electrons. The standard InChI is InChI=1S/C8H11N3S/c1-7-8(11-6-10-7)5-12-4-2-3-9/h6H,2,4-5H2,1H3,(H,10,11). The van der Waals surface area contributed by atoms with Crippen molar-refractivity contribution in [1.82, 2.24) is 9.97 Å². The molecule has 0 atom stereocenters. The summed E-state index contributed by atoms with van der Waals surface area (Å²) in [6.07, 6.45) is 2.33. The van der Waals surface area contributed by atoms with Crippen LogP contribution in [0.1, 0.15) is 17.8 Å². The smallest absolute Gasteiger partial charge is 0.0925 e. The molecule has 0 fully saturated rings. The first kappa shape index (κ1) is 9.14. The van der Waals surface area contributed by atoms with Gasteiger partial charge in [-0.3, -0.25) is 0 Å². The highest BCUT2D eigenvalue weighted by atomic mass is 32.2. The summed E-state index contributed by atoms with van der Waals surface area (Å²) in [7, 11) is 0. The number of hydrogen-bond acceptors (Lipinski definition) is 3. The van der Waals surface area contributed by atoms with Gasteiger partial charge in [0.15, 0.2) is 0 Å². The molecule has 4 heteroatoms. The van der Waals surface area contributed by atoms with Crippen molar-refractivity contribution in [1.29, 1.82) is 5.26 Å². The van der Waals surface area contributed by atoms with E-state index < -0.39 is 0 Å². The molecule has 0 aromatic carbocycles. The van der Waals surface area contributed by atoms with Gasteiger partial charge in [-0.05, 0) is 6.92 Å². The van der Waals surface area contributed by atoms with E-state index in [2.05, 4.69) is 16.0 Å². The number of aromatic nitrogens is 2. The van der Waals surface area contributed by atoms with E-state index in [-0.39, 0.29) is 0 Å². The number of aryl methyl sites for hydroxylation is 1. The maximum Gasteiger partial charge on any atom is 0.0925 e. The minimum absolute atomic E-state index is 0.623. The molecule has 0 amide bonds. The zero-order chi connectivity index (χ0) is 8.81. The van der Waals surface area contributed by atoms with Crippen molar-refractivity contribution in [2.24, 2.45) is 0 Å². The van der Waals surface area contributed by atoms with Crippen LogP contribution in [0.15, 0.2) is 6.33 Å². The van der Waals surface area contributed by atoms with Crippen molar-refractivity contribution in [2.45, 2.75) is 19.1 Å². The highest BCUT2D eigenvalue weighted by molar-refractivity contribution is 7.98. The molecule has 0 saturated heterocycles. The minimum atomic E-state index is 0.623. The second-order valence-corrected chi connectivity index (χ2v) is 3.53. The van der Waals surface area contributed by atoms with Gasteiger partial charge < -0.3 is 4.98 Å². The Balaban J connectivity index is 2.25. The second-order valence-electron chi connectivity index (χ2n) is 2.43. The van der Waals surface area contributed by atoms with Gasteiger partial charge in [-0.1, -0.05) is 0 Å². The average molecular weight is 181 g/mol. The number of rotatable bonds is 4. The van der Waals surface area contributed by atoms with Crippen molar-refractivity contribution >= 4 is 11.8 Å². The molecule has 0 aliphatic heterocycles. The van der Waals surface area contributed by atoms with Crippen LogP contribution in [-0.4, -0.2) is 15.7 Å². The third kappa shape index (κ3) is 2.59. The van der Waals surface area contributed by atoms with E-state index in [0.717, 1.165) is 22.9 Å². The van der Waals surface area contributed by atoms with Crippen molar-refractivity contribution in [2.75, 3.05) is 5.75 Å². The Hall–Kier alpha value is -0.950. The van der Waals surface area contributed by atoms with E-state index in [1.807, 2.05) is 6.92 Å². The predicted molar refractivity (Wildman–Crippen MR) is 49.7 cm³/mol.